The molecular weight excluding hydrogens is 457 g/mol. The van der Waals surface area contributed by atoms with Gasteiger partial charge in [-0.15, -0.1) is 0 Å². The van der Waals surface area contributed by atoms with Gasteiger partial charge in [0, 0.05) is 11.5 Å². The van der Waals surface area contributed by atoms with Gasteiger partial charge in [-0.2, -0.15) is 5.10 Å². The summed E-state index contributed by atoms with van der Waals surface area (Å²) < 4.78 is 14.0. The van der Waals surface area contributed by atoms with E-state index >= 15 is 0 Å². The second-order valence-corrected chi connectivity index (χ2v) is 8.24. The molecule has 0 aliphatic carbocycles. The van der Waals surface area contributed by atoms with Crippen molar-refractivity contribution in [2.45, 2.75) is 26.7 Å². The van der Waals surface area contributed by atoms with Crippen molar-refractivity contribution in [3.63, 3.8) is 0 Å². The van der Waals surface area contributed by atoms with Crippen LogP contribution in [0.3, 0.4) is 0 Å². The average Bonchev–Trinajstić information content (AvgIpc) is 2.57. The van der Waals surface area contributed by atoms with Gasteiger partial charge in [0.25, 0.3) is 0 Å². The van der Waals surface area contributed by atoms with E-state index in [2.05, 4.69) is 47.3 Å². The Hall–Kier alpha value is -0.990. The highest BCUT2D eigenvalue weighted by molar-refractivity contribution is 9.11. The largest absolute Gasteiger partial charge is 0.506 e. The first-order chi connectivity index (χ1) is 11.7. The maximum Gasteiger partial charge on any atom is 0.243 e. The molecule has 138 valence electrons. The van der Waals surface area contributed by atoms with Crippen molar-refractivity contribution in [1.82, 2.24) is 10.3 Å². The molecule has 1 amide bonds. The molecule has 0 saturated carbocycles. The van der Waals surface area contributed by atoms with Crippen molar-refractivity contribution in [1.29, 1.82) is 0 Å². The zero-order valence-corrected chi connectivity index (χ0v) is 17.6. The molecule has 5 nitrogen and oxygen atoms in total. The van der Waals surface area contributed by atoms with Crippen LogP contribution in [0.1, 0.15) is 32.3 Å². The third-order valence-electron chi connectivity index (χ3n) is 4.34. The number of benzene rings is 1. The van der Waals surface area contributed by atoms with Crippen LogP contribution >= 0.6 is 31.9 Å². The Morgan fingerprint density at radius 2 is 2.00 bits per heavy atom. The highest BCUT2D eigenvalue weighted by Gasteiger charge is 2.24. The van der Waals surface area contributed by atoms with Crippen LogP contribution in [0.25, 0.3) is 0 Å². The van der Waals surface area contributed by atoms with Gasteiger partial charge in [-0.25, -0.2) is 9.82 Å². The molecule has 1 aromatic carbocycles. The smallest absolute Gasteiger partial charge is 0.243 e. The number of aromatic hydroxyl groups is 1. The minimum absolute atomic E-state index is 0.0353. The van der Waals surface area contributed by atoms with Gasteiger partial charge in [0.1, 0.15) is 5.75 Å². The number of carbonyl (C=O) groups excluding carboxylic acids is 1. The van der Waals surface area contributed by atoms with Gasteiger partial charge in [0.2, 0.25) is 5.91 Å². The van der Waals surface area contributed by atoms with E-state index in [1.807, 2.05) is 20.9 Å². The summed E-state index contributed by atoms with van der Waals surface area (Å²) in [6, 6.07) is 1.47. The predicted molar refractivity (Wildman–Crippen MR) is 103 cm³/mol. The Labute approximate surface area is 163 Å². The van der Waals surface area contributed by atoms with Gasteiger partial charge in [-0.05, 0) is 76.8 Å². The van der Waals surface area contributed by atoms with Gasteiger partial charge in [0.05, 0.1) is 14.7 Å². The number of nitrogens with one attached hydrogen (secondary N) is 1. The molecule has 25 heavy (non-hydrogen) atoms. The molecule has 0 unspecified atom stereocenters. The number of hydrazone groups is 1. The Bertz CT molecular complexity index is 687. The summed E-state index contributed by atoms with van der Waals surface area (Å²) in [6.45, 7) is 5.56. The minimum Gasteiger partial charge on any atom is -0.506 e. The lowest BCUT2D eigenvalue weighted by atomic mass is 9.96. The van der Waals surface area contributed by atoms with E-state index in [4.69, 9.17) is 0 Å². The molecule has 0 bridgehead atoms. The lowest BCUT2D eigenvalue weighted by molar-refractivity contribution is -0.126. The van der Waals surface area contributed by atoms with Gasteiger partial charge < -0.3 is 10.0 Å². The zero-order chi connectivity index (χ0) is 18.7. The number of halogens is 3. The molecule has 0 atom stereocenters. The quantitative estimate of drug-likeness (QED) is 0.392. The molecule has 0 spiro atoms. The topological polar surface area (TPSA) is 64.9 Å². The number of rotatable bonds is 4. The van der Waals surface area contributed by atoms with Crippen LogP contribution in [0.5, 0.6) is 5.75 Å². The summed E-state index contributed by atoms with van der Waals surface area (Å²) in [7, 11) is 2.04. The first kappa shape index (κ1) is 20.3. The third kappa shape index (κ3) is 4.80. The second-order valence-electron chi connectivity index (χ2n) is 6.59. The molecule has 8 heteroatoms. The Balaban J connectivity index is 2.24. The van der Waals surface area contributed by atoms with Gasteiger partial charge >= 0.3 is 0 Å². The summed E-state index contributed by atoms with van der Waals surface area (Å²) >= 11 is 6.18. The SMILES string of the molecule is CC(C)C(=NNC(=O)C1CCN(C)CC1)c1cc(Br)c(F)c(Br)c1O. The first-order valence-electron chi connectivity index (χ1n) is 8.15. The van der Waals surface area contributed by atoms with Gasteiger partial charge in [0.15, 0.2) is 5.82 Å². The second kappa shape index (κ2) is 8.60. The average molecular weight is 479 g/mol. The predicted octanol–water partition coefficient (Wildman–Crippen LogP) is 3.87. The van der Waals surface area contributed by atoms with Crippen LogP contribution in [0.2, 0.25) is 0 Å². The van der Waals surface area contributed by atoms with Crippen LogP contribution in [0.4, 0.5) is 4.39 Å². The van der Waals surface area contributed by atoms with Crippen molar-refractivity contribution >= 4 is 43.5 Å². The number of phenolic OH excluding ortho intramolecular Hbond substituents is 1. The molecule has 1 heterocycles. The van der Waals surface area contributed by atoms with Crippen molar-refractivity contribution in [2.75, 3.05) is 20.1 Å². The van der Waals surface area contributed by atoms with Crippen LogP contribution in [-0.2, 0) is 4.79 Å². The summed E-state index contributed by atoms with van der Waals surface area (Å²) in [5.41, 5.74) is 3.48. The molecule has 1 aliphatic heterocycles. The van der Waals surface area contributed by atoms with Crippen molar-refractivity contribution in [3.05, 3.63) is 26.4 Å². The number of likely N-dealkylation sites (tertiary alicyclic amines) is 1. The van der Waals surface area contributed by atoms with Crippen molar-refractivity contribution in [2.24, 2.45) is 16.9 Å². The molecule has 2 N–H and O–H groups in total. The number of amides is 1. The number of hydrogen-bond acceptors (Lipinski definition) is 4. The van der Waals surface area contributed by atoms with Crippen LogP contribution in [0.15, 0.2) is 20.1 Å². The van der Waals surface area contributed by atoms with Crippen molar-refractivity contribution < 1.29 is 14.3 Å². The summed E-state index contributed by atoms with van der Waals surface area (Å²) in [4.78, 5) is 14.6. The number of piperidine rings is 1. The number of phenols is 1. The maximum absolute atomic E-state index is 13.9. The summed E-state index contributed by atoms with van der Waals surface area (Å²) in [5.74, 6) is -1.08. The first-order valence-corrected chi connectivity index (χ1v) is 9.73. The minimum atomic E-state index is -0.584. The zero-order valence-electron chi connectivity index (χ0n) is 14.4. The third-order valence-corrected chi connectivity index (χ3v) is 5.64. The molecule has 0 aromatic heterocycles. The molecule has 1 aliphatic rings. The molecule has 1 fully saturated rings. The molecule has 1 aromatic rings. The number of hydrogen-bond donors (Lipinski definition) is 2. The van der Waals surface area contributed by atoms with E-state index in [-0.39, 0.29) is 32.4 Å². The fraction of sp³-hybridized carbons (Fsp3) is 0.529. The van der Waals surface area contributed by atoms with Crippen LogP contribution in [-0.4, -0.2) is 41.8 Å². The van der Waals surface area contributed by atoms with Gasteiger partial charge in [-0.1, -0.05) is 13.8 Å². The van der Waals surface area contributed by atoms with E-state index in [1.54, 1.807) is 0 Å². The summed E-state index contributed by atoms with van der Waals surface area (Å²) in [6.07, 6.45) is 1.60. The Morgan fingerprint density at radius 1 is 1.40 bits per heavy atom. The maximum atomic E-state index is 13.9. The monoisotopic (exact) mass is 477 g/mol. The van der Waals surface area contributed by atoms with Crippen LogP contribution in [0, 0.1) is 17.7 Å². The lowest BCUT2D eigenvalue weighted by Crippen LogP contribution is -2.37. The number of nitrogens with zero attached hydrogens (tertiary/aromatic N) is 2. The van der Waals surface area contributed by atoms with E-state index < -0.39 is 5.82 Å². The standard InChI is InChI=1S/C17H22Br2FN3O2/c1-9(2)15(11-8-12(18)14(20)13(19)16(11)24)21-22-17(25)10-4-6-23(3)7-5-10/h8-10,24H,4-7H2,1-3H3,(H,22,25). The van der Waals surface area contributed by atoms with Crippen LogP contribution < -0.4 is 5.43 Å². The molecule has 0 radical (unpaired) electrons. The van der Waals surface area contributed by atoms with Crippen molar-refractivity contribution in [3.8, 4) is 5.75 Å². The van der Waals surface area contributed by atoms with Gasteiger partial charge in [-0.3, -0.25) is 4.79 Å². The lowest BCUT2D eigenvalue weighted by Gasteiger charge is -2.27. The normalized spacial score (nSPS) is 17.2. The number of carbonyl (C=O) groups is 1. The Morgan fingerprint density at radius 3 is 2.56 bits per heavy atom. The molecule has 2 rings (SSSR count). The summed E-state index contributed by atoms with van der Waals surface area (Å²) in [5, 5.41) is 14.5. The molecular formula is C17H22Br2FN3O2. The highest BCUT2D eigenvalue weighted by Crippen LogP contribution is 2.36. The van der Waals surface area contributed by atoms with E-state index in [0.717, 1.165) is 25.9 Å². The van der Waals surface area contributed by atoms with E-state index in [1.165, 1.54) is 6.07 Å². The molecule has 1 saturated heterocycles. The fourth-order valence-electron chi connectivity index (χ4n) is 2.76. The highest BCUT2D eigenvalue weighted by atomic mass is 79.9. The fourth-order valence-corrected chi connectivity index (χ4v) is 3.88. The van der Waals surface area contributed by atoms with E-state index in [0.29, 0.717) is 11.3 Å². The van der Waals surface area contributed by atoms with E-state index in [9.17, 15) is 14.3 Å². The Kier molecular flexibility index (Phi) is 6.99.